The number of aryl methyl sites for hydroxylation is 1. The van der Waals surface area contributed by atoms with E-state index in [2.05, 4.69) is 9.89 Å². The number of benzene rings is 1. The van der Waals surface area contributed by atoms with Gasteiger partial charge in [0.25, 0.3) is 0 Å². The standard InChI is InChI=1S/C17H18N2O4/c1-12-2-3-13(17(20)21)10-15(12)18-11-14-4-5-16(23-14)19-6-8-22-9-7-19/h2-5,10-11H,6-9H2,1H3,(H,20,21). The number of nitrogens with zero attached hydrogens (tertiary/aromatic N) is 2. The molecule has 0 atom stereocenters. The molecule has 0 saturated carbocycles. The molecular weight excluding hydrogens is 296 g/mol. The maximum atomic E-state index is 11.0. The van der Waals surface area contributed by atoms with Gasteiger partial charge in [-0.05, 0) is 30.7 Å². The van der Waals surface area contributed by atoms with Gasteiger partial charge in [-0.1, -0.05) is 6.07 Å². The van der Waals surface area contributed by atoms with Gasteiger partial charge in [-0.15, -0.1) is 0 Å². The van der Waals surface area contributed by atoms with Crippen molar-refractivity contribution >= 4 is 23.8 Å². The molecule has 1 aromatic carbocycles. The van der Waals surface area contributed by atoms with Crippen LogP contribution in [0, 0.1) is 6.92 Å². The number of morpholine rings is 1. The topological polar surface area (TPSA) is 75.3 Å². The van der Waals surface area contributed by atoms with Gasteiger partial charge in [-0.2, -0.15) is 0 Å². The van der Waals surface area contributed by atoms with E-state index in [1.54, 1.807) is 24.4 Å². The molecule has 3 rings (SSSR count). The van der Waals surface area contributed by atoms with Crippen molar-refractivity contribution in [3.05, 3.63) is 47.2 Å². The van der Waals surface area contributed by atoms with Crippen molar-refractivity contribution < 1.29 is 19.1 Å². The molecule has 0 amide bonds. The zero-order chi connectivity index (χ0) is 16.2. The summed E-state index contributed by atoms with van der Waals surface area (Å²) in [7, 11) is 0. The van der Waals surface area contributed by atoms with Crippen molar-refractivity contribution in [1.29, 1.82) is 0 Å². The van der Waals surface area contributed by atoms with Crippen molar-refractivity contribution in [2.45, 2.75) is 6.92 Å². The van der Waals surface area contributed by atoms with E-state index < -0.39 is 5.97 Å². The number of furan rings is 1. The van der Waals surface area contributed by atoms with Crippen LogP contribution in [0.3, 0.4) is 0 Å². The van der Waals surface area contributed by atoms with E-state index in [0.717, 1.165) is 24.5 Å². The Morgan fingerprint density at radius 1 is 1.26 bits per heavy atom. The number of ether oxygens (including phenoxy) is 1. The molecule has 1 aromatic heterocycles. The molecule has 1 aliphatic heterocycles. The van der Waals surface area contributed by atoms with Crippen LogP contribution < -0.4 is 4.90 Å². The molecule has 1 fully saturated rings. The van der Waals surface area contributed by atoms with Crippen LogP contribution in [-0.4, -0.2) is 43.6 Å². The van der Waals surface area contributed by atoms with Crippen LogP contribution in [0.5, 0.6) is 0 Å². The highest BCUT2D eigenvalue weighted by Crippen LogP contribution is 2.22. The maximum absolute atomic E-state index is 11.0. The predicted octanol–water partition coefficient (Wildman–Crippen LogP) is 2.87. The molecular formula is C17H18N2O4. The van der Waals surface area contributed by atoms with Crippen LogP contribution in [0.2, 0.25) is 0 Å². The molecule has 1 aliphatic rings. The Balaban J connectivity index is 1.76. The number of carboxylic acid groups (broad SMARTS) is 1. The van der Waals surface area contributed by atoms with Gasteiger partial charge >= 0.3 is 5.97 Å². The fraction of sp³-hybridized carbons (Fsp3) is 0.294. The van der Waals surface area contributed by atoms with Crippen LogP contribution in [-0.2, 0) is 4.74 Å². The first-order valence-corrected chi connectivity index (χ1v) is 7.44. The Labute approximate surface area is 134 Å². The second-order valence-electron chi connectivity index (χ2n) is 5.34. The number of aliphatic imine (C=N–C) groups is 1. The second kappa shape index (κ2) is 6.66. The first-order chi connectivity index (χ1) is 11.1. The minimum atomic E-state index is -0.964. The molecule has 1 saturated heterocycles. The number of hydrogen-bond donors (Lipinski definition) is 1. The minimum absolute atomic E-state index is 0.219. The minimum Gasteiger partial charge on any atom is -0.478 e. The molecule has 0 aliphatic carbocycles. The van der Waals surface area contributed by atoms with Crippen LogP contribution in [0.25, 0.3) is 0 Å². The lowest BCUT2D eigenvalue weighted by atomic mass is 10.1. The Morgan fingerprint density at radius 2 is 2.04 bits per heavy atom. The largest absolute Gasteiger partial charge is 0.478 e. The van der Waals surface area contributed by atoms with Crippen molar-refractivity contribution in [3.63, 3.8) is 0 Å². The van der Waals surface area contributed by atoms with Crippen LogP contribution in [0.1, 0.15) is 21.7 Å². The molecule has 2 aromatic rings. The summed E-state index contributed by atoms with van der Waals surface area (Å²) in [5.74, 6) is 0.464. The lowest BCUT2D eigenvalue weighted by Crippen LogP contribution is -2.35. The SMILES string of the molecule is Cc1ccc(C(=O)O)cc1N=Cc1ccc(N2CCOCC2)o1. The van der Waals surface area contributed by atoms with E-state index >= 15 is 0 Å². The van der Waals surface area contributed by atoms with Gasteiger partial charge in [-0.3, -0.25) is 4.99 Å². The Morgan fingerprint density at radius 3 is 2.78 bits per heavy atom. The summed E-state index contributed by atoms with van der Waals surface area (Å²) in [5, 5.41) is 9.05. The average molecular weight is 314 g/mol. The quantitative estimate of drug-likeness (QED) is 0.878. The summed E-state index contributed by atoms with van der Waals surface area (Å²) in [6, 6.07) is 8.63. The third kappa shape index (κ3) is 3.60. The van der Waals surface area contributed by atoms with Gasteiger partial charge in [0.15, 0.2) is 5.88 Å². The fourth-order valence-electron chi connectivity index (χ4n) is 2.38. The zero-order valence-corrected chi connectivity index (χ0v) is 12.9. The summed E-state index contributed by atoms with van der Waals surface area (Å²) in [6.07, 6.45) is 1.61. The van der Waals surface area contributed by atoms with Gasteiger partial charge in [0.2, 0.25) is 0 Å². The van der Waals surface area contributed by atoms with E-state index in [9.17, 15) is 4.79 Å². The van der Waals surface area contributed by atoms with Crippen molar-refractivity contribution in [3.8, 4) is 0 Å². The number of rotatable bonds is 4. The van der Waals surface area contributed by atoms with E-state index in [1.807, 2.05) is 19.1 Å². The normalized spacial score (nSPS) is 15.3. The molecule has 23 heavy (non-hydrogen) atoms. The molecule has 1 N–H and O–H groups in total. The van der Waals surface area contributed by atoms with E-state index in [1.165, 1.54) is 0 Å². The van der Waals surface area contributed by atoms with Crippen molar-refractivity contribution in [2.75, 3.05) is 31.2 Å². The van der Waals surface area contributed by atoms with Crippen LogP contribution in [0.15, 0.2) is 39.7 Å². The Kier molecular flexibility index (Phi) is 4.43. The van der Waals surface area contributed by atoms with Crippen LogP contribution in [0.4, 0.5) is 11.6 Å². The van der Waals surface area contributed by atoms with Crippen LogP contribution >= 0.6 is 0 Å². The Hall–Kier alpha value is -2.60. The molecule has 0 unspecified atom stereocenters. The fourth-order valence-corrected chi connectivity index (χ4v) is 2.38. The van der Waals surface area contributed by atoms with E-state index in [4.69, 9.17) is 14.3 Å². The third-order valence-electron chi connectivity index (χ3n) is 3.72. The molecule has 0 bridgehead atoms. The summed E-state index contributed by atoms with van der Waals surface area (Å²) in [4.78, 5) is 17.5. The number of carboxylic acids is 1. The lowest BCUT2D eigenvalue weighted by molar-refractivity contribution is 0.0697. The predicted molar refractivity (Wildman–Crippen MR) is 87.1 cm³/mol. The molecule has 6 nitrogen and oxygen atoms in total. The van der Waals surface area contributed by atoms with E-state index in [0.29, 0.717) is 24.7 Å². The third-order valence-corrected chi connectivity index (χ3v) is 3.72. The number of anilines is 1. The summed E-state index contributed by atoms with van der Waals surface area (Å²) >= 11 is 0. The molecule has 6 heteroatoms. The molecule has 0 spiro atoms. The number of carbonyl (C=O) groups is 1. The highest BCUT2D eigenvalue weighted by Gasteiger charge is 2.14. The lowest BCUT2D eigenvalue weighted by Gasteiger charge is -2.26. The monoisotopic (exact) mass is 314 g/mol. The van der Waals surface area contributed by atoms with Crippen molar-refractivity contribution in [2.24, 2.45) is 4.99 Å². The average Bonchev–Trinajstić information content (AvgIpc) is 3.03. The van der Waals surface area contributed by atoms with Gasteiger partial charge in [0.05, 0.1) is 30.7 Å². The van der Waals surface area contributed by atoms with Gasteiger partial charge in [-0.25, -0.2) is 4.79 Å². The smallest absolute Gasteiger partial charge is 0.335 e. The summed E-state index contributed by atoms with van der Waals surface area (Å²) in [5.41, 5.74) is 1.75. The highest BCUT2D eigenvalue weighted by atomic mass is 16.5. The Bertz CT molecular complexity index is 730. The summed E-state index contributed by atoms with van der Waals surface area (Å²) in [6.45, 7) is 4.91. The highest BCUT2D eigenvalue weighted by molar-refractivity contribution is 5.89. The van der Waals surface area contributed by atoms with Gasteiger partial charge < -0.3 is 19.2 Å². The first-order valence-electron chi connectivity index (χ1n) is 7.44. The van der Waals surface area contributed by atoms with E-state index in [-0.39, 0.29) is 5.56 Å². The van der Waals surface area contributed by atoms with Crippen molar-refractivity contribution in [1.82, 2.24) is 0 Å². The summed E-state index contributed by atoms with van der Waals surface area (Å²) < 4.78 is 11.1. The van der Waals surface area contributed by atoms with Gasteiger partial charge in [0.1, 0.15) is 5.76 Å². The molecule has 120 valence electrons. The zero-order valence-electron chi connectivity index (χ0n) is 12.9. The number of aromatic carboxylic acids is 1. The first kappa shape index (κ1) is 15.3. The molecule has 0 radical (unpaired) electrons. The number of hydrogen-bond acceptors (Lipinski definition) is 5. The second-order valence-corrected chi connectivity index (χ2v) is 5.34. The molecule has 2 heterocycles. The maximum Gasteiger partial charge on any atom is 0.335 e. The van der Waals surface area contributed by atoms with Gasteiger partial charge in [0, 0.05) is 19.2 Å².